The van der Waals surface area contributed by atoms with Crippen LogP contribution in [0.25, 0.3) is 0 Å². The quantitative estimate of drug-likeness (QED) is 0.655. The molecule has 5 heteroatoms. The van der Waals surface area contributed by atoms with Gasteiger partial charge >= 0.3 is 0 Å². The first kappa shape index (κ1) is 18.1. The Labute approximate surface area is 156 Å². The zero-order valence-electron chi connectivity index (χ0n) is 16.0. The molecule has 0 saturated heterocycles. The number of aryl methyl sites for hydroxylation is 1. The molecule has 0 fully saturated rings. The Morgan fingerprint density at radius 1 is 1.23 bits per heavy atom. The van der Waals surface area contributed by atoms with Crippen molar-refractivity contribution in [3.05, 3.63) is 59.2 Å². The van der Waals surface area contributed by atoms with Gasteiger partial charge in [-0.2, -0.15) is 0 Å². The molecule has 138 valence electrons. The summed E-state index contributed by atoms with van der Waals surface area (Å²) in [5, 5.41) is 6.97. The van der Waals surface area contributed by atoms with E-state index in [9.17, 15) is 0 Å². The molecule has 1 aliphatic rings. The highest BCUT2D eigenvalue weighted by Crippen LogP contribution is 2.31. The van der Waals surface area contributed by atoms with Crippen LogP contribution in [-0.4, -0.2) is 33.7 Å². The number of hydrogen-bond donors (Lipinski definition) is 2. The summed E-state index contributed by atoms with van der Waals surface area (Å²) in [6, 6.07) is 14.9. The largest absolute Gasteiger partial charge is 0.493 e. The fourth-order valence-corrected chi connectivity index (χ4v) is 3.19. The molecule has 2 aromatic rings. The van der Waals surface area contributed by atoms with Gasteiger partial charge in [0.1, 0.15) is 5.75 Å². The summed E-state index contributed by atoms with van der Waals surface area (Å²) >= 11 is 0. The van der Waals surface area contributed by atoms with Gasteiger partial charge in [-0.15, -0.1) is 0 Å². The third-order valence-electron chi connectivity index (χ3n) is 4.78. The average molecular weight is 352 g/mol. The lowest BCUT2D eigenvalue weighted by atomic mass is 10.0. The maximum atomic E-state index is 5.74. The summed E-state index contributed by atoms with van der Waals surface area (Å²) in [5.74, 6) is 1.77. The van der Waals surface area contributed by atoms with Gasteiger partial charge in [-0.3, -0.25) is 4.99 Å². The van der Waals surface area contributed by atoms with Gasteiger partial charge in [-0.05, 0) is 36.2 Å². The zero-order chi connectivity index (χ0) is 18.5. The number of rotatable bonds is 4. The molecule has 0 amide bonds. The lowest BCUT2D eigenvalue weighted by molar-refractivity contribution is 0.261. The van der Waals surface area contributed by atoms with E-state index in [0.29, 0.717) is 0 Å². The second kappa shape index (κ2) is 8.13. The number of anilines is 1. The van der Waals surface area contributed by atoms with Crippen LogP contribution >= 0.6 is 0 Å². The summed E-state index contributed by atoms with van der Waals surface area (Å²) < 4.78 is 5.74. The van der Waals surface area contributed by atoms with Crippen LogP contribution in [0.1, 0.15) is 29.2 Å². The molecule has 0 saturated carbocycles. The Balaban J connectivity index is 1.65. The fourth-order valence-electron chi connectivity index (χ4n) is 3.19. The number of ether oxygens (including phenoxy) is 1. The van der Waals surface area contributed by atoms with Crippen molar-refractivity contribution >= 4 is 11.6 Å². The van der Waals surface area contributed by atoms with E-state index in [2.05, 4.69) is 65.8 Å². The van der Waals surface area contributed by atoms with Crippen molar-refractivity contribution < 1.29 is 4.74 Å². The Kier molecular flexibility index (Phi) is 5.66. The van der Waals surface area contributed by atoms with Gasteiger partial charge in [0.2, 0.25) is 0 Å². The normalized spacial score (nSPS) is 16.5. The second-order valence-corrected chi connectivity index (χ2v) is 6.80. The number of benzene rings is 2. The molecule has 0 aromatic heterocycles. The summed E-state index contributed by atoms with van der Waals surface area (Å²) in [7, 11) is 5.93. The minimum Gasteiger partial charge on any atom is -0.493 e. The van der Waals surface area contributed by atoms with Crippen molar-refractivity contribution in [1.29, 1.82) is 0 Å². The third-order valence-corrected chi connectivity index (χ3v) is 4.78. The van der Waals surface area contributed by atoms with Gasteiger partial charge in [0.05, 0.1) is 12.6 Å². The van der Waals surface area contributed by atoms with E-state index in [-0.39, 0.29) is 6.04 Å². The third kappa shape index (κ3) is 4.10. The SMILES string of the molecule is CN=C(NCc1ccc(N(C)C)cc1C)NC1CCOc2ccccc21. The maximum absolute atomic E-state index is 5.74. The van der Waals surface area contributed by atoms with Crippen molar-refractivity contribution in [2.45, 2.75) is 25.9 Å². The molecular weight excluding hydrogens is 324 g/mol. The van der Waals surface area contributed by atoms with Crippen LogP contribution in [0.2, 0.25) is 0 Å². The van der Waals surface area contributed by atoms with E-state index >= 15 is 0 Å². The average Bonchev–Trinajstić information content (AvgIpc) is 2.65. The smallest absolute Gasteiger partial charge is 0.191 e. The van der Waals surface area contributed by atoms with Crippen molar-refractivity contribution in [1.82, 2.24) is 10.6 Å². The number of nitrogens with one attached hydrogen (secondary N) is 2. The maximum Gasteiger partial charge on any atom is 0.191 e. The number of hydrogen-bond acceptors (Lipinski definition) is 3. The van der Waals surface area contributed by atoms with Gasteiger partial charge in [0.15, 0.2) is 5.96 Å². The summed E-state index contributed by atoms with van der Waals surface area (Å²) in [6.45, 7) is 3.61. The summed E-state index contributed by atoms with van der Waals surface area (Å²) in [5.41, 5.74) is 4.95. The molecule has 26 heavy (non-hydrogen) atoms. The highest BCUT2D eigenvalue weighted by atomic mass is 16.5. The molecule has 0 radical (unpaired) electrons. The zero-order valence-corrected chi connectivity index (χ0v) is 16.0. The predicted octanol–water partition coefficient (Wildman–Crippen LogP) is 3.25. The first-order chi connectivity index (χ1) is 12.6. The van der Waals surface area contributed by atoms with E-state index in [1.807, 2.05) is 25.2 Å². The molecule has 5 nitrogen and oxygen atoms in total. The number of guanidine groups is 1. The molecule has 0 aliphatic carbocycles. The number of fused-ring (bicyclic) bond motifs is 1. The van der Waals surface area contributed by atoms with Crippen LogP contribution in [0, 0.1) is 6.92 Å². The van der Waals surface area contributed by atoms with E-state index < -0.39 is 0 Å². The lowest BCUT2D eigenvalue weighted by Gasteiger charge is -2.28. The predicted molar refractivity (Wildman–Crippen MR) is 108 cm³/mol. The number of aliphatic imine (C=N–C) groups is 1. The van der Waals surface area contributed by atoms with E-state index in [1.165, 1.54) is 22.4 Å². The Morgan fingerprint density at radius 2 is 2.04 bits per heavy atom. The molecule has 2 N–H and O–H groups in total. The Morgan fingerprint density at radius 3 is 2.77 bits per heavy atom. The molecule has 2 aromatic carbocycles. The van der Waals surface area contributed by atoms with Gasteiger partial charge in [0, 0.05) is 45.4 Å². The van der Waals surface area contributed by atoms with Gasteiger partial charge in [-0.25, -0.2) is 0 Å². The standard InChI is InChI=1S/C21H28N4O/c1-15-13-17(25(3)4)10-9-16(15)14-23-21(22-2)24-19-11-12-26-20-8-6-5-7-18(19)20/h5-10,13,19H,11-12,14H2,1-4H3,(H2,22,23,24). The monoisotopic (exact) mass is 352 g/mol. The summed E-state index contributed by atoms with van der Waals surface area (Å²) in [4.78, 5) is 6.51. The van der Waals surface area contributed by atoms with Crippen molar-refractivity contribution in [3.63, 3.8) is 0 Å². The van der Waals surface area contributed by atoms with E-state index in [1.54, 1.807) is 0 Å². The molecule has 3 rings (SSSR count). The minimum absolute atomic E-state index is 0.211. The second-order valence-electron chi connectivity index (χ2n) is 6.80. The molecule has 1 atom stereocenters. The lowest BCUT2D eigenvalue weighted by Crippen LogP contribution is -2.40. The number of nitrogens with zero attached hydrogens (tertiary/aromatic N) is 2. The number of para-hydroxylation sites is 1. The van der Waals surface area contributed by atoms with Gasteiger partial charge < -0.3 is 20.3 Å². The molecular formula is C21H28N4O. The molecule has 0 bridgehead atoms. The Bertz CT molecular complexity index is 785. The molecule has 1 unspecified atom stereocenters. The van der Waals surface area contributed by atoms with Crippen LogP contribution in [0.4, 0.5) is 5.69 Å². The van der Waals surface area contributed by atoms with Gasteiger partial charge in [0.25, 0.3) is 0 Å². The Hall–Kier alpha value is -2.69. The minimum atomic E-state index is 0.211. The van der Waals surface area contributed by atoms with Crippen molar-refractivity contribution in [2.24, 2.45) is 4.99 Å². The first-order valence-corrected chi connectivity index (χ1v) is 9.04. The highest BCUT2D eigenvalue weighted by Gasteiger charge is 2.21. The van der Waals surface area contributed by atoms with Gasteiger partial charge in [-0.1, -0.05) is 24.3 Å². The van der Waals surface area contributed by atoms with E-state index in [4.69, 9.17) is 4.74 Å². The topological polar surface area (TPSA) is 48.9 Å². The van der Waals surface area contributed by atoms with Crippen molar-refractivity contribution in [3.8, 4) is 5.75 Å². The van der Waals surface area contributed by atoms with Crippen LogP contribution in [0.15, 0.2) is 47.5 Å². The van der Waals surface area contributed by atoms with Crippen LogP contribution in [0.5, 0.6) is 5.75 Å². The molecule has 1 aliphatic heterocycles. The van der Waals surface area contributed by atoms with Crippen molar-refractivity contribution in [2.75, 3.05) is 32.6 Å². The van der Waals surface area contributed by atoms with Crippen LogP contribution < -0.4 is 20.3 Å². The molecule has 0 spiro atoms. The fraction of sp³-hybridized carbons (Fsp3) is 0.381. The highest BCUT2D eigenvalue weighted by molar-refractivity contribution is 5.80. The van der Waals surface area contributed by atoms with Crippen LogP contribution in [0.3, 0.4) is 0 Å². The first-order valence-electron chi connectivity index (χ1n) is 9.04. The van der Waals surface area contributed by atoms with Crippen LogP contribution in [-0.2, 0) is 6.54 Å². The van der Waals surface area contributed by atoms with E-state index in [0.717, 1.165) is 31.3 Å². The summed E-state index contributed by atoms with van der Waals surface area (Å²) in [6.07, 6.45) is 0.925. The molecule has 1 heterocycles.